The summed E-state index contributed by atoms with van der Waals surface area (Å²) in [5.74, 6) is 2.61. The van der Waals surface area contributed by atoms with Crippen LogP contribution in [0.5, 0.6) is 0 Å². The van der Waals surface area contributed by atoms with E-state index in [1.807, 2.05) is 20.0 Å². The molecule has 0 saturated carbocycles. The third-order valence-corrected chi connectivity index (χ3v) is 3.52. The highest BCUT2D eigenvalue weighted by Crippen LogP contribution is 2.29. The molecular weight excluding hydrogens is 226 g/mol. The lowest BCUT2D eigenvalue weighted by atomic mass is 9.96. The number of nitrogens with zero attached hydrogens (tertiary/aromatic N) is 2. The molecule has 94 valence electrons. The van der Waals surface area contributed by atoms with E-state index in [1.165, 1.54) is 24.1 Å². The second-order valence-corrected chi connectivity index (χ2v) is 4.67. The molecule has 0 aliphatic heterocycles. The third kappa shape index (κ3) is 1.78. The lowest BCUT2D eigenvalue weighted by Crippen LogP contribution is -2.11. The second kappa shape index (κ2) is 4.44. The van der Waals surface area contributed by atoms with Crippen LogP contribution in [0, 0.1) is 6.92 Å². The summed E-state index contributed by atoms with van der Waals surface area (Å²) in [6, 6.07) is 1.93. The van der Waals surface area contributed by atoms with Crippen LogP contribution in [0.15, 0.2) is 16.7 Å². The maximum absolute atomic E-state index is 5.34. The Morgan fingerprint density at radius 1 is 1.22 bits per heavy atom. The van der Waals surface area contributed by atoms with Crippen molar-refractivity contribution in [1.29, 1.82) is 0 Å². The van der Waals surface area contributed by atoms with Gasteiger partial charge in [-0.25, -0.2) is 9.97 Å². The highest BCUT2D eigenvalue weighted by Gasteiger charge is 2.18. The zero-order chi connectivity index (χ0) is 12.5. The second-order valence-electron chi connectivity index (χ2n) is 4.67. The van der Waals surface area contributed by atoms with Crippen molar-refractivity contribution in [2.45, 2.75) is 32.6 Å². The minimum absolute atomic E-state index is 0.770. The SMILES string of the molecule is CNc1nc(-c2ccoc2C)nc2c1CCCC2. The first-order valence-electron chi connectivity index (χ1n) is 6.41. The molecule has 0 unspecified atom stereocenters. The van der Waals surface area contributed by atoms with Gasteiger partial charge in [0, 0.05) is 18.3 Å². The van der Waals surface area contributed by atoms with Gasteiger partial charge in [0.25, 0.3) is 0 Å². The van der Waals surface area contributed by atoms with E-state index >= 15 is 0 Å². The average molecular weight is 243 g/mol. The number of furan rings is 1. The van der Waals surface area contributed by atoms with Gasteiger partial charge in [0.05, 0.1) is 11.8 Å². The molecule has 0 saturated heterocycles. The van der Waals surface area contributed by atoms with E-state index < -0.39 is 0 Å². The summed E-state index contributed by atoms with van der Waals surface area (Å²) in [6.07, 6.45) is 6.27. The van der Waals surface area contributed by atoms with Crippen LogP contribution in [0.1, 0.15) is 29.9 Å². The Hall–Kier alpha value is -1.84. The Labute approximate surface area is 106 Å². The molecule has 0 radical (unpaired) electrons. The first-order chi connectivity index (χ1) is 8.79. The molecule has 0 fully saturated rings. The number of anilines is 1. The predicted octanol–water partition coefficient (Wildman–Crippen LogP) is 2.97. The van der Waals surface area contributed by atoms with Crippen LogP contribution in [-0.2, 0) is 12.8 Å². The highest BCUT2D eigenvalue weighted by atomic mass is 16.3. The van der Waals surface area contributed by atoms with Crippen LogP contribution < -0.4 is 5.32 Å². The summed E-state index contributed by atoms with van der Waals surface area (Å²) in [7, 11) is 1.92. The molecule has 1 aliphatic carbocycles. The first-order valence-corrected chi connectivity index (χ1v) is 6.41. The van der Waals surface area contributed by atoms with Gasteiger partial charge in [-0.15, -0.1) is 0 Å². The van der Waals surface area contributed by atoms with Gasteiger partial charge in [0.1, 0.15) is 11.6 Å². The average Bonchev–Trinajstić information content (AvgIpc) is 2.83. The number of aryl methyl sites for hydroxylation is 2. The molecule has 4 nitrogen and oxygen atoms in total. The molecule has 1 aliphatic rings. The minimum Gasteiger partial charge on any atom is -0.469 e. The Bertz CT molecular complexity index is 557. The summed E-state index contributed by atoms with van der Waals surface area (Å²) in [4.78, 5) is 9.34. The van der Waals surface area contributed by atoms with Crippen LogP contribution in [0.4, 0.5) is 5.82 Å². The van der Waals surface area contributed by atoms with E-state index in [1.54, 1.807) is 6.26 Å². The zero-order valence-corrected chi connectivity index (χ0v) is 10.8. The summed E-state index contributed by atoms with van der Waals surface area (Å²) >= 11 is 0. The van der Waals surface area contributed by atoms with Crippen molar-refractivity contribution in [2.75, 3.05) is 12.4 Å². The van der Waals surface area contributed by atoms with E-state index in [4.69, 9.17) is 9.40 Å². The summed E-state index contributed by atoms with van der Waals surface area (Å²) < 4.78 is 5.34. The molecule has 4 heteroatoms. The van der Waals surface area contributed by atoms with Crippen LogP contribution in [-0.4, -0.2) is 17.0 Å². The minimum atomic E-state index is 0.770. The van der Waals surface area contributed by atoms with Gasteiger partial charge in [-0.2, -0.15) is 0 Å². The number of hydrogen-bond acceptors (Lipinski definition) is 4. The smallest absolute Gasteiger partial charge is 0.165 e. The van der Waals surface area contributed by atoms with Gasteiger partial charge in [-0.3, -0.25) is 0 Å². The maximum atomic E-state index is 5.34. The van der Waals surface area contributed by atoms with Crippen molar-refractivity contribution >= 4 is 5.82 Å². The number of hydrogen-bond donors (Lipinski definition) is 1. The largest absolute Gasteiger partial charge is 0.469 e. The van der Waals surface area contributed by atoms with E-state index in [0.717, 1.165) is 35.8 Å². The Kier molecular flexibility index (Phi) is 2.78. The molecule has 0 atom stereocenters. The number of rotatable bonds is 2. The number of nitrogens with one attached hydrogen (secondary N) is 1. The fraction of sp³-hybridized carbons (Fsp3) is 0.429. The van der Waals surface area contributed by atoms with E-state index in [0.29, 0.717) is 0 Å². The number of aromatic nitrogens is 2. The normalized spacial score (nSPS) is 14.3. The quantitative estimate of drug-likeness (QED) is 0.881. The highest BCUT2D eigenvalue weighted by molar-refractivity contribution is 5.61. The van der Waals surface area contributed by atoms with E-state index in [-0.39, 0.29) is 0 Å². The molecule has 2 aromatic rings. The lowest BCUT2D eigenvalue weighted by Gasteiger charge is -2.18. The van der Waals surface area contributed by atoms with Gasteiger partial charge < -0.3 is 9.73 Å². The Morgan fingerprint density at radius 3 is 2.78 bits per heavy atom. The molecule has 0 bridgehead atoms. The van der Waals surface area contributed by atoms with Crippen molar-refractivity contribution in [1.82, 2.24) is 9.97 Å². The van der Waals surface area contributed by atoms with Crippen molar-refractivity contribution < 1.29 is 4.42 Å². The fourth-order valence-electron chi connectivity index (χ4n) is 2.54. The summed E-state index contributed by atoms with van der Waals surface area (Å²) in [6.45, 7) is 1.94. The van der Waals surface area contributed by atoms with Crippen molar-refractivity contribution in [3.8, 4) is 11.4 Å². The van der Waals surface area contributed by atoms with Crippen molar-refractivity contribution in [3.05, 3.63) is 29.3 Å². The lowest BCUT2D eigenvalue weighted by molar-refractivity contribution is 0.535. The van der Waals surface area contributed by atoms with E-state index in [9.17, 15) is 0 Å². The molecule has 3 rings (SSSR count). The molecule has 0 spiro atoms. The van der Waals surface area contributed by atoms with Crippen molar-refractivity contribution in [2.24, 2.45) is 0 Å². The molecule has 2 aromatic heterocycles. The number of fused-ring (bicyclic) bond motifs is 1. The Balaban J connectivity index is 2.14. The third-order valence-electron chi connectivity index (χ3n) is 3.52. The molecular formula is C14H17N3O. The molecule has 0 aromatic carbocycles. The van der Waals surface area contributed by atoms with Gasteiger partial charge in [0.2, 0.25) is 0 Å². The van der Waals surface area contributed by atoms with Crippen LogP contribution in [0.3, 0.4) is 0 Å². The predicted molar refractivity (Wildman–Crippen MR) is 70.7 cm³/mol. The molecule has 2 heterocycles. The van der Waals surface area contributed by atoms with Crippen molar-refractivity contribution in [3.63, 3.8) is 0 Å². The summed E-state index contributed by atoms with van der Waals surface area (Å²) in [5, 5.41) is 3.20. The maximum Gasteiger partial charge on any atom is 0.165 e. The fourth-order valence-corrected chi connectivity index (χ4v) is 2.54. The monoisotopic (exact) mass is 243 g/mol. The molecule has 1 N–H and O–H groups in total. The molecule has 0 amide bonds. The Morgan fingerprint density at radius 2 is 2.06 bits per heavy atom. The van der Waals surface area contributed by atoms with Gasteiger partial charge in [0.15, 0.2) is 5.82 Å². The van der Waals surface area contributed by atoms with Gasteiger partial charge in [-0.1, -0.05) is 0 Å². The van der Waals surface area contributed by atoms with Crippen LogP contribution in [0.25, 0.3) is 11.4 Å². The van der Waals surface area contributed by atoms with Crippen LogP contribution in [0.2, 0.25) is 0 Å². The topological polar surface area (TPSA) is 51.0 Å². The molecule has 18 heavy (non-hydrogen) atoms. The zero-order valence-electron chi connectivity index (χ0n) is 10.8. The van der Waals surface area contributed by atoms with Crippen LogP contribution >= 0.6 is 0 Å². The van der Waals surface area contributed by atoms with Gasteiger partial charge in [-0.05, 0) is 38.7 Å². The van der Waals surface area contributed by atoms with Gasteiger partial charge >= 0.3 is 0 Å². The van der Waals surface area contributed by atoms with E-state index in [2.05, 4.69) is 10.3 Å². The summed E-state index contributed by atoms with van der Waals surface area (Å²) in [5.41, 5.74) is 3.46. The first kappa shape index (κ1) is 11.3. The standard InChI is InChI=1S/C14H17N3O/c1-9-10(7-8-18-9)14-16-12-6-4-3-5-11(12)13(15-2)17-14/h7-8H,3-6H2,1-2H3,(H,15,16,17).